The zero-order chi connectivity index (χ0) is 13.1. The van der Waals surface area contributed by atoms with Crippen molar-refractivity contribution in [3.05, 3.63) is 29.8 Å². The predicted octanol–water partition coefficient (Wildman–Crippen LogP) is 1.49. The molecule has 1 aromatic carbocycles. The van der Waals surface area contributed by atoms with E-state index in [1.54, 1.807) is 20.3 Å². The van der Waals surface area contributed by atoms with Gasteiger partial charge < -0.3 is 19.9 Å². The van der Waals surface area contributed by atoms with Crippen LogP contribution in [0.5, 0.6) is 11.5 Å². The summed E-state index contributed by atoms with van der Waals surface area (Å²) in [4.78, 5) is 10.9. The third kappa shape index (κ3) is 2.25. The van der Waals surface area contributed by atoms with Crippen LogP contribution in [-0.4, -0.2) is 31.3 Å². The molecule has 0 radical (unpaired) electrons. The molecule has 0 spiro atoms. The number of ether oxygens (including phenoxy) is 2. The molecule has 0 saturated carbocycles. The van der Waals surface area contributed by atoms with Crippen molar-refractivity contribution in [2.75, 3.05) is 14.2 Å². The van der Waals surface area contributed by atoms with Gasteiger partial charge in [0.1, 0.15) is 6.04 Å². The van der Waals surface area contributed by atoms with Crippen molar-refractivity contribution in [2.45, 2.75) is 12.5 Å². The molecule has 96 valence electrons. The Morgan fingerprint density at radius 3 is 2.61 bits per heavy atom. The molecule has 0 fully saturated rings. The maximum absolute atomic E-state index is 10.9. The van der Waals surface area contributed by atoms with Gasteiger partial charge in [-0.05, 0) is 24.6 Å². The van der Waals surface area contributed by atoms with Gasteiger partial charge in [0.2, 0.25) is 0 Å². The van der Waals surface area contributed by atoms with E-state index in [9.17, 15) is 4.79 Å². The lowest BCUT2D eigenvalue weighted by molar-refractivity contribution is -0.138. The molecular formula is C13H15NO4. The molecule has 2 rings (SSSR count). The fraction of sp³-hybridized carbons (Fsp3) is 0.308. The highest BCUT2D eigenvalue weighted by Gasteiger charge is 2.23. The average molecular weight is 249 g/mol. The Kier molecular flexibility index (Phi) is 3.41. The van der Waals surface area contributed by atoms with Gasteiger partial charge in [0.25, 0.3) is 0 Å². The number of hydrogen-bond donors (Lipinski definition) is 2. The lowest BCUT2D eigenvalue weighted by Crippen LogP contribution is -2.30. The van der Waals surface area contributed by atoms with Crippen LogP contribution < -0.4 is 14.8 Å². The minimum atomic E-state index is -0.846. The van der Waals surface area contributed by atoms with Gasteiger partial charge in [-0.15, -0.1) is 0 Å². The predicted molar refractivity (Wildman–Crippen MR) is 66.7 cm³/mol. The van der Waals surface area contributed by atoms with E-state index >= 15 is 0 Å². The van der Waals surface area contributed by atoms with E-state index < -0.39 is 12.0 Å². The quantitative estimate of drug-likeness (QED) is 0.846. The lowest BCUT2D eigenvalue weighted by Gasteiger charge is -2.12. The van der Waals surface area contributed by atoms with Gasteiger partial charge in [-0.1, -0.05) is 6.08 Å². The van der Waals surface area contributed by atoms with Gasteiger partial charge in [-0.25, -0.2) is 4.79 Å². The van der Waals surface area contributed by atoms with E-state index in [2.05, 4.69) is 5.32 Å². The molecular weight excluding hydrogens is 234 g/mol. The Labute approximate surface area is 105 Å². The zero-order valence-corrected chi connectivity index (χ0v) is 10.3. The number of rotatable bonds is 4. The number of carboxylic acids is 1. The molecule has 0 amide bonds. The highest BCUT2D eigenvalue weighted by Crippen LogP contribution is 2.31. The molecule has 1 atom stereocenters. The maximum atomic E-state index is 10.9. The Bertz CT molecular complexity index is 496. The Morgan fingerprint density at radius 1 is 1.33 bits per heavy atom. The van der Waals surface area contributed by atoms with Crippen LogP contribution in [0.3, 0.4) is 0 Å². The smallest absolute Gasteiger partial charge is 0.326 e. The summed E-state index contributed by atoms with van der Waals surface area (Å²) in [7, 11) is 3.14. The molecule has 18 heavy (non-hydrogen) atoms. The SMILES string of the molecule is COc1ccc(C2=CCC(C(=O)O)N2)cc1OC. The van der Waals surface area contributed by atoms with Gasteiger partial charge in [0.15, 0.2) is 11.5 Å². The third-order valence-corrected chi connectivity index (χ3v) is 2.88. The topological polar surface area (TPSA) is 67.8 Å². The number of benzene rings is 1. The molecule has 0 aliphatic carbocycles. The molecule has 5 heteroatoms. The molecule has 1 heterocycles. The summed E-state index contributed by atoms with van der Waals surface area (Å²) in [6, 6.07) is 4.94. The van der Waals surface area contributed by atoms with Gasteiger partial charge in [0.05, 0.1) is 14.2 Å². The van der Waals surface area contributed by atoms with E-state index in [1.165, 1.54) is 0 Å². The highest BCUT2D eigenvalue weighted by atomic mass is 16.5. The molecule has 0 aromatic heterocycles. The lowest BCUT2D eigenvalue weighted by atomic mass is 10.1. The van der Waals surface area contributed by atoms with Crippen molar-refractivity contribution in [3.8, 4) is 11.5 Å². The minimum absolute atomic E-state index is 0.485. The second-order valence-corrected chi connectivity index (χ2v) is 3.96. The first-order chi connectivity index (χ1) is 8.65. The number of carboxylic acid groups (broad SMARTS) is 1. The molecule has 1 aliphatic rings. The molecule has 2 N–H and O–H groups in total. The van der Waals surface area contributed by atoms with Gasteiger partial charge in [0, 0.05) is 11.3 Å². The van der Waals surface area contributed by atoms with Crippen LogP contribution in [0.25, 0.3) is 5.70 Å². The van der Waals surface area contributed by atoms with Crippen LogP contribution in [-0.2, 0) is 4.79 Å². The molecule has 1 aromatic rings. The molecule has 0 bridgehead atoms. The zero-order valence-electron chi connectivity index (χ0n) is 10.3. The summed E-state index contributed by atoms with van der Waals surface area (Å²) in [6.07, 6.45) is 2.36. The first-order valence-corrected chi connectivity index (χ1v) is 5.57. The van der Waals surface area contributed by atoms with E-state index in [-0.39, 0.29) is 0 Å². The number of aliphatic carboxylic acids is 1. The average Bonchev–Trinajstić information content (AvgIpc) is 2.87. The monoisotopic (exact) mass is 249 g/mol. The molecule has 5 nitrogen and oxygen atoms in total. The van der Waals surface area contributed by atoms with Crippen molar-refractivity contribution in [2.24, 2.45) is 0 Å². The van der Waals surface area contributed by atoms with Crippen molar-refractivity contribution >= 4 is 11.7 Å². The maximum Gasteiger partial charge on any atom is 0.326 e. The van der Waals surface area contributed by atoms with Crippen LogP contribution in [0, 0.1) is 0 Å². The first kappa shape index (κ1) is 12.3. The summed E-state index contributed by atoms with van der Waals surface area (Å²) in [5.41, 5.74) is 1.69. The number of nitrogens with one attached hydrogen (secondary N) is 1. The van der Waals surface area contributed by atoms with E-state index in [1.807, 2.05) is 18.2 Å². The van der Waals surface area contributed by atoms with Crippen molar-refractivity contribution in [1.29, 1.82) is 0 Å². The van der Waals surface area contributed by atoms with Crippen LogP contribution in [0.2, 0.25) is 0 Å². The number of hydrogen-bond acceptors (Lipinski definition) is 4. The Hall–Kier alpha value is -2.17. The normalized spacial score (nSPS) is 17.9. The Balaban J connectivity index is 2.23. The highest BCUT2D eigenvalue weighted by molar-refractivity contribution is 5.80. The fourth-order valence-electron chi connectivity index (χ4n) is 1.91. The van der Waals surface area contributed by atoms with E-state index in [0.717, 1.165) is 11.3 Å². The van der Waals surface area contributed by atoms with Gasteiger partial charge >= 0.3 is 5.97 Å². The summed E-state index contributed by atoms with van der Waals surface area (Å²) in [5.74, 6) is 0.424. The minimum Gasteiger partial charge on any atom is -0.493 e. The van der Waals surface area contributed by atoms with E-state index in [4.69, 9.17) is 14.6 Å². The van der Waals surface area contributed by atoms with Crippen LogP contribution >= 0.6 is 0 Å². The van der Waals surface area contributed by atoms with Crippen LogP contribution in [0.1, 0.15) is 12.0 Å². The van der Waals surface area contributed by atoms with Crippen LogP contribution in [0.4, 0.5) is 0 Å². The van der Waals surface area contributed by atoms with Crippen molar-refractivity contribution in [3.63, 3.8) is 0 Å². The summed E-state index contributed by atoms with van der Waals surface area (Å²) in [5, 5.41) is 11.9. The first-order valence-electron chi connectivity index (χ1n) is 5.57. The molecule has 0 saturated heterocycles. The molecule has 1 unspecified atom stereocenters. The van der Waals surface area contributed by atoms with Crippen LogP contribution in [0.15, 0.2) is 24.3 Å². The van der Waals surface area contributed by atoms with E-state index in [0.29, 0.717) is 17.9 Å². The van der Waals surface area contributed by atoms with Gasteiger partial charge in [-0.2, -0.15) is 0 Å². The summed E-state index contributed by atoms with van der Waals surface area (Å²) < 4.78 is 10.4. The second kappa shape index (κ2) is 5.00. The number of methoxy groups -OCH3 is 2. The number of carbonyl (C=O) groups is 1. The van der Waals surface area contributed by atoms with Crippen molar-refractivity contribution < 1.29 is 19.4 Å². The fourth-order valence-corrected chi connectivity index (χ4v) is 1.91. The summed E-state index contributed by atoms with van der Waals surface area (Å²) in [6.45, 7) is 0. The largest absolute Gasteiger partial charge is 0.493 e. The third-order valence-electron chi connectivity index (χ3n) is 2.88. The summed E-state index contributed by atoms with van der Waals surface area (Å²) >= 11 is 0. The standard InChI is InChI=1S/C13H15NO4/c1-17-11-6-3-8(7-12(11)18-2)9-4-5-10(14-9)13(15)16/h3-4,6-7,10,14H,5H2,1-2H3,(H,15,16). The van der Waals surface area contributed by atoms with Crippen molar-refractivity contribution in [1.82, 2.24) is 5.32 Å². The second-order valence-electron chi connectivity index (χ2n) is 3.96. The van der Waals surface area contributed by atoms with Gasteiger partial charge in [-0.3, -0.25) is 0 Å². The Morgan fingerprint density at radius 2 is 2.06 bits per heavy atom. The molecule has 1 aliphatic heterocycles.